The van der Waals surface area contributed by atoms with Gasteiger partial charge in [-0.2, -0.15) is 5.10 Å². The van der Waals surface area contributed by atoms with Gasteiger partial charge in [0.2, 0.25) is 0 Å². The summed E-state index contributed by atoms with van der Waals surface area (Å²) in [7, 11) is 0. The van der Waals surface area contributed by atoms with E-state index in [1.54, 1.807) is 22.3 Å². The normalized spacial score (nSPS) is 9.37. The van der Waals surface area contributed by atoms with Crippen LogP contribution in [0.15, 0.2) is 48.0 Å². The molecule has 0 atom stereocenters. The molecule has 0 bridgehead atoms. The summed E-state index contributed by atoms with van der Waals surface area (Å²) in [5.74, 6) is 0. The third-order valence-electron chi connectivity index (χ3n) is 2.04. The minimum Gasteiger partial charge on any atom is -0.258 e. The molecular formula is C13H15N3O2S. The van der Waals surface area contributed by atoms with E-state index >= 15 is 0 Å². The van der Waals surface area contributed by atoms with Crippen LogP contribution in [-0.2, 0) is 0 Å². The Bertz CT molecular complexity index is 549. The van der Waals surface area contributed by atoms with E-state index in [0.29, 0.717) is 0 Å². The summed E-state index contributed by atoms with van der Waals surface area (Å²) < 4.78 is 1.68. The molecular weight excluding hydrogens is 262 g/mol. The predicted molar refractivity (Wildman–Crippen MR) is 78.0 cm³/mol. The number of benzene rings is 1. The lowest BCUT2D eigenvalue weighted by Crippen LogP contribution is -1.89. The van der Waals surface area contributed by atoms with E-state index in [0.717, 1.165) is 10.6 Å². The van der Waals surface area contributed by atoms with E-state index in [-0.39, 0.29) is 5.69 Å². The van der Waals surface area contributed by atoms with Crippen molar-refractivity contribution in [1.82, 2.24) is 9.19 Å². The van der Waals surface area contributed by atoms with Crippen LogP contribution in [0.4, 0.5) is 5.69 Å². The molecule has 0 radical (unpaired) electrons. The van der Waals surface area contributed by atoms with Crippen molar-refractivity contribution in [3.8, 4) is 0 Å². The first-order valence-electron chi connectivity index (χ1n) is 5.80. The van der Waals surface area contributed by atoms with Crippen LogP contribution in [-0.4, -0.2) is 14.1 Å². The highest BCUT2D eigenvalue weighted by atomic mass is 32.2. The third-order valence-corrected chi connectivity index (χ3v) is 2.92. The lowest BCUT2D eigenvalue weighted by Gasteiger charge is -1.99. The predicted octanol–water partition coefficient (Wildman–Crippen LogP) is 4.02. The molecule has 1 aromatic carbocycles. The molecule has 0 fully saturated rings. The molecule has 100 valence electrons. The highest BCUT2D eigenvalue weighted by Gasteiger charge is 2.05. The van der Waals surface area contributed by atoms with Crippen molar-refractivity contribution in [2.24, 2.45) is 0 Å². The molecule has 0 unspecified atom stereocenters. The minimum atomic E-state index is -0.418. The quantitative estimate of drug-likeness (QED) is 0.625. The summed E-state index contributed by atoms with van der Waals surface area (Å²) in [5.41, 5.74) is 0.876. The lowest BCUT2D eigenvalue weighted by atomic mass is 10.3. The number of rotatable bonds is 4. The molecule has 1 aromatic heterocycles. The van der Waals surface area contributed by atoms with Crippen LogP contribution < -0.4 is 0 Å². The molecule has 0 saturated heterocycles. The van der Waals surface area contributed by atoms with E-state index in [1.165, 1.54) is 24.1 Å². The summed E-state index contributed by atoms with van der Waals surface area (Å²) in [4.78, 5) is 10.9. The number of aromatic nitrogens is 2. The highest BCUT2D eigenvalue weighted by molar-refractivity contribution is 7.97. The maximum atomic E-state index is 10.5. The Morgan fingerprint density at radius 2 is 1.95 bits per heavy atom. The Kier molecular flexibility index (Phi) is 5.81. The van der Waals surface area contributed by atoms with Crippen molar-refractivity contribution >= 4 is 23.7 Å². The van der Waals surface area contributed by atoms with Gasteiger partial charge in [0.25, 0.3) is 5.69 Å². The van der Waals surface area contributed by atoms with E-state index in [9.17, 15) is 10.1 Å². The van der Waals surface area contributed by atoms with Gasteiger partial charge in [0.05, 0.1) is 10.6 Å². The van der Waals surface area contributed by atoms with Gasteiger partial charge in [0.15, 0.2) is 0 Å². The molecule has 19 heavy (non-hydrogen) atoms. The Labute approximate surface area is 116 Å². The molecule has 2 aromatic rings. The Hall–Kier alpha value is -2.08. The average Bonchev–Trinajstić information content (AvgIpc) is 2.89. The van der Waals surface area contributed by atoms with Gasteiger partial charge in [-0.15, -0.1) is 0 Å². The van der Waals surface area contributed by atoms with Crippen LogP contribution in [0.5, 0.6) is 0 Å². The SMILES string of the molecule is C=Cc1ccn(Sc2ccc([N+](=O)[O-])cc2)n1.CC. The zero-order valence-corrected chi connectivity index (χ0v) is 11.6. The van der Waals surface area contributed by atoms with Crippen LogP contribution in [0.3, 0.4) is 0 Å². The molecule has 0 saturated carbocycles. The van der Waals surface area contributed by atoms with Crippen LogP contribution in [0.2, 0.25) is 0 Å². The van der Waals surface area contributed by atoms with Gasteiger partial charge < -0.3 is 0 Å². The molecule has 0 aliphatic rings. The second-order valence-corrected chi connectivity index (χ2v) is 4.22. The maximum absolute atomic E-state index is 10.5. The molecule has 0 aliphatic heterocycles. The molecule has 0 amide bonds. The zero-order chi connectivity index (χ0) is 14.3. The maximum Gasteiger partial charge on any atom is 0.269 e. The lowest BCUT2D eigenvalue weighted by molar-refractivity contribution is -0.384. The minimum absolute atomic E-state index is 0.0848. The number of non-ortho nitro benzene ring substituents is 1. The third kappa shape index (κ3) is 4.26. The Morgan fingerprint density at radius 3 is 2.42 bits per heavy atom. The standard InChI is InChI=1S/C11H9N3O2S.C2H6/c1-2-9-7-8-13(12-9)17-11-5-3-10(4-6-11)14(15)16;1-2/h2-8H,1H2;1-2H3. The van der Waals surface area contributed by atoms with Crippen LogP contribution in [0.25, 0.3) is 6.08 Å². The first-order valence-corrected chi connectivity index (χ1v) is 6.57. The van der Waals surface area contributed by atoms with Crippen LogP contribution >= 0.6 is 11.9 Å². The molecule has 0 N–H and O–H groups in total. The number of nitrogens with zero attached hydrogens (tertiary/aromatic N) is 3. The second kappa shape index (κ2) is 7.38. The average molecular weight is 277 g/mol. The fraction of sp³-hybridized carbons (Fsp3) is 0.154. The van der Waals surface area contributed by atoms with Crippen molar-refractivity contribution in [2.45, 2.75) is 18.7 Å². The number of hydrogen-bond acceptors (Lipinski definition) is 4. The van der Waals surface area contributed by atoms with Crippen molar-refractivity contribution in [3.63, 3.8) is 0 Å². The number of nitro groups is 1. The molecule has 6 heteroatoms. The molecule has 1 heterocycles. The summed E-state index contributed by atoms with van der Waals surface area (Å²) in [6.07, 6.45) is 3.47. The van der Waals surface area contributed by atoms with E-state index < -0.39 is 4.92 Å². The summed E-state index contributed by atoms with van der Waals surface area (Å²) >= 11 is 1.38. The van der Waals surface area contributed by atoms with Crippen molar-refractivity contribution < 1.29 is 4.92 Å². The van der Waals surface area contributed by atoms with Gasteiger partial charge >= 0.3 is 0 Å². The van der Waals surface area contributed by atoms with Crippen molar-refractivity contribution in [1.29, 1.82) is 0 Å². The first kappa shape index (κ1) is 15.0. The van der Waals surface area contributed by atoms with Crippen LogP contribution in [0.1, 0.15) is 19.5 Å². The first-order chi connectivity index (χ1) is 9.19. The van der Waals surface area contributed by atoms with Gasteiger partial charge in [-0.3, -0.25) is 10.1 Å². The fourth-order valence-electron chi connectivity index (χ4n) is 1.22. The van der Waals surface area contributed by atoms with Gasteiger partial charge in [0.1, 0.15) is 0 Å². The smallest absolute Gasteiger partial charge is 0.258 e. The zero-order valence-electron chi connectivity index (χ0n) is 10.8. The Balaban J connectivity index is 0.000000861. The summed E-state index contributed by atoms with van der Waals surface area (Å²) in [5, 5.41) is 14.7. The van der Waals surface area contributed by atoms with Crippen molar-refractivity contribution in [3.05, 3.63) is 58.9 Å². The number of hydrogen-bond donors (Lipinski definition) is 0. The number of nitro benzene ring substituents is 1. The molecule has 5 nitrogen and oxygen atoms in total. The highest BCUT2D eigenvalue weighted by Crippen LogP contribution is 2.22. The van der Waals surface area contributed by atoms with E-state index in [4.69, 9.17) is 0 Å². The fourth-order valence-corrected chi connectivity index (χ4v) is 1.95. The molecule has 2 rings (SSSR count). The van der Waals surface area contributed by atoms with Crippen LogP contribution in [0, 0.1) is 10.1 Å². The summed E-state index contributed by atoms with van der Waals surface area (Å²) in [6, 6.07) is 8.17. The van der Waals surface area contributed by atoms with Gasteiger partial charge in [-0.05, 0) is 24.3 Å². The molecule has 0 aliphatic carbocycles. The summed E-state index contributed by atoms with van der Waals surface area (Å²) in [6.45, 7) is 7.62. The Morgan fingerprint density at radius 1 is 1.32 bits per heavy atom. The van der Waals surface area contributed by atoms with Gasteiger partial charge in [-0.1, -0.05) is 20.4 Å². The second-order valence-electron chi connectivity index (χ2n) is 3.19. The molecule has 0 spiro atoms. The topological polar surface area (TPSA) is 61.0 Å². The van der Waals surface area contributed by atoms with Gasteiger partial charge in [0, 0.05) is 35.2 Å². The van der Waals surface area contributed by atoms with Crippen molar-refractivity contribution in [2.75, 3.05) is 0 Å². The monoisotopic (exact) mass is 277 g/mol. The van der Waals surface area contributed by atoms with E-state index in [2.05, 4.69) is 11.7 Å². The van der Waals surface area contributed by atoms with E-state index in [1.807, 2.05) is 26.1 Å². The van der Waals surface area contributed by atoms with Gasteiger partial charge in [-0.25, -0.2) is 4.09 Å². The largest absolute Gasteiger partial charge is 0.269 e.